The molecule has 0 aliphatic carbocycles. The molecule has 3 aromatic carbocycles. The molecule has 2 N–H and O–H groups in total. The van der Waals surface area contributed by atoms with Gasteiger partial charge in [0.25, 0.3) is 5.91 Å². The van der Waals surface area contributed by atoms with Gasteiger partial charge in [0, 0.05) is 21.3 Å². The second kappa shape index (κ2) is 10.9. The molecule has 32 heavy (non-hydrogen) atoms. The summed E-state index contributed by atoms with van der Waals surface area (Å²) in [6.45, 7) is 1.81. The molecule has 0 heterocycles. The van der Waals surface area contributed by atoms with E-state index in [0.717, 1.165) is 4.90 Å². The van der Waals surface area contributed by atoms with Crippen LogP contribution in [0.3, 0.4) is 0 Å². The largest absolute Gasteiger partial charge is 0.496 e. The highest BCUT2D eigenvalue weighted by molar-refractivity contribution is 8.00. The second-order valence-electron chi connectivity index (χ2n) is 6.78. The molecule has 3 aromatic rings. The molecule has 6 nitrogen and oxygen atoms in total. The van der Waals surface area contributed by atoms with Crippen LogP contribution in [0.5, 0.6) is 11.5 Å². The molecule has 0 bridgehead atoms. The van der Waals surface area contributed by atoms with Gasteiger partial charge in [-0.3, -0.25) is 9.59 Å². The highest BCUT2D eigenvalue weighted by Gasteiger charge is 2.19. The first-order valence-corrected chi connectivity index (χ1v) is 11.0. The second-order valence-corrected chi connectivity index (χ2v) is 8.63. The van der Waals surface area contributed by atoms with E-state index in [4.69, 9.17) is 21.1 Å². The van der Waals surface area contributed by atoms with Gasteiger partial charge >= 0.3 is 0 Å². The highest BCUT2D eigenvalue weighted by Crippen LogP contribution is 2.31. The lowest BCUT2D eigenvalue weighted by Crippen LogP contribution is -2.22. The SMILES string of the molecule is COc1cccc(OC)c1C(=O)Nc1cccc(SC(C)C(=O)Nc2cccc(Cl)c2)c1. The summed E-state index contributed by atoms with van der Waals surface area (Å²) >= 11 is 7.35. The van der Waals surface area contributed by atoms with Crippen LogP contribution < -0.4 is 20.1 Å². The summed E-state index contributed by atoms with van der Waals surface area (Å²) in [4.78, 5) is 26.3. The fourth-order valence-corrected chi connectivity index (χ4v) is 4.10. The third-order valence-electron chi connectivity index (χ3n) is 4.52. The van der Waals surface area contributed by atoms with Crippen LogP contribution in [0.4, 0.5) is 11.4 Å². The van der Waals surface area contributed by atoms with Crippen molar-refractivity contribution in [1.82, 2.24) is 0 Å². The number of thioether (sulfide) groups is 1. The van der Waals surface area contributed by atoms with Gasteiger partial charge in [0.15, 0.2) is 0 Å². The van der Waals surface area contributed by atoms with E-state index in [9.17, 15) is 9.59 Å². The van der Waals surface area contributed by atoms with Crippen molar-refractivity contribution in [2.75, 3.05) is 24.9 Å². The van der Waals surface area contributed by atoms with Crippen molar-refractivity contribution in [3.05, 3.63) is 77.3 Å². The van der Waals surface area contributed by atoms with Crippen LogP contribution in [0.1, 0.15) is 17.3 Å². The van der Waals surface area contributed by atoms with Crippen molar-refractivity contribution in [2.24, 2.45) is 0 Å². The lowest BCUT2D eigenvalue weighted by molar-refractivity contribution is -0.115. The monoisotopic (exact) mass is 470 g/mol. The van der Waals surface area contributed by atoms with Crippen molar-refractivity contribution < 1.29 is 19.1 Å². The van der Waals surface area contributed by atoms with Crippen molar-refractivity contribution in [3.8, 4) is 11.5 Å². The van der Waals surface area contributed by atoms with Crippen LogP contribution >= 0.6 is 23.4 Å². The zero-order valence-electron chi connectivity index (χ0n) is 17.8. The van der Waals surface area contributed by atoms with Crippen molar-refractivity contribution in [2.45, 2.75) is 17.1 Å². The molecule has 0 aliphatic rings. The number of halogens is 1. The van der Waals surface area contributed by atoms with E-state index < -0.39 is 0 Å². The predicted octanol–water partition coefficient (Wildman–Crippen LogP) is 5.73. The molecule has 0 aliphatic heterocycles. The van der Waals surface area contributed by atoms with Crippen LogP contribution in [0.25, 0.3) is 0 Å². The topological polar surface area (TPSA) is 76.7 Å². The number of methoxy groups -OCH3 is 2. The fraction of sp³-hybridized carbons (Fsp3) is 0.167. The molecule has 0 aromatic heterocycles. The van der Waals surface area contributed by atoms with Gasteiger partial charge in [-0.2, -0.15) is 0 Å². The summed E-state index contributed by atoms with van der Waals surface area (Å²) in [6, 6.07) is 19.4. The van der Waals surface area contributed by atoms with E-state index >= 15 is 0 Å². The average molecular weight is 471 g/mol. The molecule has 0 radical (unpaired) electrons. The molecular formula is C24H23ClN2O4S. The van der Waals surface area contributed by atoms with Crippen molar-refractivity contribution in [1.29, 1.82) is 0 Å². The Hall–Kier alpha value is -3.16. The van der Waals surface area contributed by atoms with E-state index in [1.807, 2.05) is 25.1 Å². The maximum Gasteiger partial charge on any atom is 0.263 e. The number of hydrogen-bond acceptors (Lipinski definition) is 5. The fourth-order valence-electron chi connectivity index (χ4n) is 2.98. The van der Waals surface area contributed by atoms with Gasteiger partial charge in [-0.05, 0) is 55.5 Å². The van der Waals surface area contributed by atoms with Gasteiger partial charge in [0.1, 0.15) is 17.1 Å². The van der Waals surface area contributed by atoms with Gasteiger partial charge in [0.2, 0.25) is 5.91 Å². The zero-order valence-corrected chi connectivity index (χ0v) is 19.4. The molecule has 0 saturated heterocycles. The standard InChI is InChI=1S/C24H23ClN2O4S/c1-15(23(28)26-17-8-4-7-16(25)13-17)32-19-10-5-9-18(14-19)27-24(29)22-20(30-2)11-6-12-21(22)31-3/h4-15H,1-3H3,(H,26,28)(H,27,29). The first-order valence-electron chi connectivity index (χ1n) is 9.76. The quantitative estimate of drug-likeness (QED) is 0.411. The normalized spacial score (nSPS) is 11.4. The smallest absolute Gasteiger partial charge is 0.263 e. The van der Waals surface area contributed by atoms with Crippen LogP contribution in [0, 0.1) is 0 Å². The minimum absolute atomic E-state index is 0.148. The molecule has 0 fully saturated rings. The van der Waals surface area contributed by atoms with Crippen molar-refractivity contribution in [3.63, 3.8) is 0 Å². The molecular weight excluding hydrogens is 448 g/mol. The highest BCUT2D eigenvalue weighted by atomic mass is 35.5. The summed E-state index contributed by atoms with van der Waals surface area (Å²) in [5.41, 5.74) is 1.54. The Morgan fingerprint density at radius 3 is 2.09 bits per heavy atom. The Morgan fingerprint density at radius 2 is 1.47 bits per heavy atom. The van der Waals surface area contributed by atoms with E-state index in [0.29, 0.717) is 33.5 Å². The van der Waals surface area contributed by atoms with Gasteiger partial charge in [-0.25, -0.2) is 0 Å². The summed E-state index contributed by atoms with van der Waals surface area (Å²) in [7, 11) is 3.00. The average Bonchev–Trinajstić information content (AvgIpc) is 2.78. The lowest BCUT2D eigenvalue weighted by Gasteiger charge is -2.15. The predicted molar refractivity (Wildman–Crippen MR) is 129 cm³/mol. The van der Waals surface area contributed by atoms with Gasteiger partial charge < -0.3 is 20.1 Å². The van der Waals surface area contributed by atoms with Crippen molar-refractivity contribution >= 4 is 46.6 Å². The summed E-state index contributed by atoms with van der Waals surface area (Å²) in [5, 5.41) is 5.91. The summed E-state index contributed by atoms with van der Waals surface area (Å²) < 4.78 is 10.6. The molecule has 166 valence electrons. The Morgan fingerprint density at radius 1 is 0.875 bits per heavy atom. The number of carbonyl (C=O) groups excluding carboxylic acids is 2. The number of nitrogens with one attached hydrogen (secondary N) is 2. The van der Waals surface area contributed by atoms with E-state index in [2.05, 4.69) is 10.6 Å². The van der Waals surface area contributed by atoms with E-state index in [1.54, 1.807) is 48.5 Å². The Bertz CT molecular complexity index is 1100. The Balaban J connectivity index is 1.69. The van der Waals surface area contributed by atoms with E-state index in [1.165, 1.54) is 26.0 Å². The lowest BCUT2D eigenvalue weighted by atomic mass is 10.1. The van der Waals surface area contributed by atoms with Crippen LogP contribution in [0.2, 0.25) is 5.02 Å². The van der Waals surface area contributed by atoms with Gasteiger partial charge in [-0.1, -0.05) is 29.8 Å². The van der Waals surface area contributed by atoms with Crippen LogP contribution in [-0.4, -0.2) is 31.3 Å². The zero-order chi connectivity index (χ0) is 23.1. The summed E-state index contributed by atoms with van der Waals surface area (Å²) in [5.74, 6) is 0.330. The first-order chi connectivity index (χ1) is 15.4. The molecule has 0 saturated carbocycles. The molecule has 1 atom stereocenters. The number of ether oxygens (including phenoxy) is 2. The Kier molecular flexibility index (Phi) is 8.03. The van der Waals surface area contributed by atoms with Crippen LogP contribution in [-0.2, 0) is 4.79 Å². The van der Waals surface area contributed by atoms with Gasteiger partial charge in [0.05, 0.1) is 19.5 Å². The molecule has 3 rings (SSSR count). The molecule has 0 spiro atoms. The Labute approximate surface area is 196 Å². The number of hydrogen-bond donors (Lipinski definition) is 2. The third-order valence-corrected chi connectivity index (χ3v) is 5.85. The number of carbonyl (C=O) groups is 2. The maximum absolute atomic E-state index is 12.9. The van der Waals surface area contributed by atoms with Crippen LogP contribution in [0.15, 0.2) is 71.6 Å². The van der Waals surface area contributed by atoms with E-state index in [-0.39, 0.29) is 17.1 Å². The number of rotatable bonds is 8. The van der Waals surface area contributed by atoms with Gasteiger partial charge in [-0.15, -0.1) is 11.8 Å². The number of amides is 2. The molecule has 2 amide bonds. The molecule has 1 unspecified atom stereocenters. The number of anilines is 2. The minimum Gasteiger partial charge on any atom is -0.496 e. The first kappa shape index (κ1) is 23.5. The third kappa shape index (κ3) is 5.96. The molecule has 8 heteroatoms. The number of benzene rings is 3. The summed E-state index contributed by atoms with van der Waals surface area (Å²) in [6.07, 6.45) is 0. The maximum atomic E-state index is 12.9. The minimum atomic E-state index is -0.366.